The van der Waals surface area contributed by atoms with Crippen molar-refractivity contribution in [3.8, 4) is 0 Å². The summed E-state index contributed by atoms with van der Waals surface area (Å²) in [6.45, 7) is 0.410. The maximum absolute atomic E-state index is 11.5. The lowest BCUT2D eigenvalue weighted by Crippen LogP contribution is -2.43. The van der Waals surface area contributed by atoms with Gasteiger partial charge in [0.25, 0.3) is 0 Å². The third-order valence-electron chi connectivity index (χ3n) is 2.03. The van der Waals surface area contributed by atoms with Gasteiger partial charge in [-0.05, 0) is 4.99 Å². The van der Waals surface area contributed by atoms with Crippen LogP contribution in [0, 0.1) is 0 Å². The van der Waals surface area contributed by atoms with Crippen LogP contribution in [0.5, 0.6) is 0 Å². The van der Waals surface area contributed by atoms with E-state index >= 15 is 0 Å². The summed E-state index contributed by atoms with van der Waals surface area (Å²) in [5.74, 6) is -0.682. The van der Waals surface area contributed by atoms with Crippen LogP contribution in [0.4, 0.5) is 0 Å². The molecule has 0 aliphatic carbocycles. The van der Waals surface area contributed by atoms with Gasteiger partial charge in [0.15, 0.2) is 0 Å². The van der Waals surface area contributed by atoms with Crippen molar-refractivity contribution in [1.29, 1.82) is 0 Å². The van der Waals surface area contributed by atoms with Crippen molar-refractivity contribution >= 4 is 26.4 Å². The predicted molar refractivity (Wildman–Crippen MR) is 49.8 cm³/mol. The van der Waals surface area contributed by atoms with Crippen molar-refractivity contribution in [2.24, 2.45) is 5.73 Å². The second kappa shape index (κ2) is 3.10. The minimum absolute atomic E-state index is 0.122. The van der Waals surface area contributed by atoms with E-state index in [1.54, 1.807) is 0 Å². The van der Waals surface area contributed by atoms with Crippen LogP contribution in [-0.2, 0) is 24.2 Å². The number of hydrogen-bond donors (Lipinski definition) is 2. The molecule has 0 unspecified atom stereocenters. The van der Waals surface area contributed by atoms with Gasteiger partial charge in [-0.25, -0.2) is 5.01 Å². The summed E-state index contributed by atoms with van der Waals surface area (Å²) in [6, 6.07) is 0. The first-order chi connectivity index (χ1) is 6.61. The first-order valence-electron chi connectivity index (χ1n) is 3.97. The molecule has 0 fully saturated rings. The topological polar surface area (TPSA) is 92.5 Å². The van der Waals surface area contributed by atoms with E-state index in [0.717, 1.165) is 0 Å². The van der Waals surface area contributed by atoms with Crippen LogP contribution in [0.3, 0.4) is 0 Å². The van der Waals surface area contributed by atoms with Crippen LogP contribution in [0.2, 0.25) is 0 Å². The van der Waals surface area contributed by atoms with Crippen LogP contribution >= 0.6 is 0 Å². The van der Waals surface area contributed by atoms with Gasteiger partial charge in [-0.3, -0.25) is 4.79 Å². The molecule has 0 aromatic carbocycles. The van der Waals surface area contributed by atoms with Gasteiger partial charge >= 0.3 is 0 Å². The van der Waals surface area contributed by atoms with Crippen molar-refractivity contribution in [2.45, 2.75) is 6.42 Å². The number of primary amides is 1. The number of carbonyl (C=O) groups excluding carboxylic acids is 2. The number of fused-ring (bicyclic) bond motifs is 1. The zero-order valence-corrected chi connectivity index (χ0v) is 7.97. The summed E-state index contributed by atoms with van der Waals surface area (Å²) >= 11 is 0. The van der Waals surface area contributed by atoms with Gasteiger partial charge in [0.05, 0.1) is 10.7 Å². The molecule has 6 nitrogen and oxygen atoms in total. The van der Waals surface area contributed by atoms with Crippen LogP contribution in [-0.4, -0.2) is 27.6 Å². The summed E-state index contributed by atoms with van der Waals surface area (Å²) in [5.41, 5.74) is 7.92. The molecule has 0 spiro atoms. The molecule has 1 amide bonds. The molecule has 0 aromatic rings. The standard InChI is InChI=1S/C7H8N3O3S/c8-6(12)4-3-9-10-2-1-5(11)14(13)7(4)10/h3,9H,1-2H2,(H2,8,12)/q-1. The zero-order valence-electron chi connectivity index (χ0n) is 7.15. The van der Waals surface area contributed by atoms with Gasteiger partial charge in [-0.15, -0.1) is 0 Å². The molecular formula is C7H8N3O3S-. The fourth-order valence-electron chi connectivity index (χ4n) is 1.35. The largest absolute Gasteiger partial charge is 0.453 e. The molecule has 2 heterocycles. The molecule has 0 bridgehead atoms. The lowest BCUT2D eigenvalue weighted by Gasteiger charge is -2.28. The van der Waals surface area contributed by atoms with E-state index in [1.165, 1.54) is 11.2 Å². The molecule has 76 valence electrons. The molecule has 7 heteroatoms. The Hall–Kier alpha value is -1.34. The van der Waals surface area contributed by atoms with Crippen LogP contribution in [0.25, 0.3) is 0 Å². The van der Waals surface area contributed by atoms with E-state index in [-0.39, 0.29) is 22.1 Å². The van der Waals surface area contributed by atoms with Crippen LogP contribution in [0.15, 0.2) is 11.8 Å². The Labute approximate surface area is 81.7 Å². The summed E-state index contributed by atoms with van der Waals surface area (Å²) < 4.78 is 11.5. The van der Waals surface area contributed by atoms with E-state index in [1.807, 2.05) is 0 Å². The third kappa shape index (κ3) is 1.21. The average molecular weight is 214 g/mol. The lowest BCUT2D eigenvalue weighted by molar-refractivity contribution is -0.114. The Bertz CT molecular complexity index is 433. The Kier molecular flexibility index (Phi) is 2.05. The summed E-state index contributed by atoms with van der Waals surface area (Å²) in [5, 5.41) is 1.14. The molecule has 0 radical (unpaired) electrons. The minimum Gasteiger partial charge on any atom is -0.453 e. The minimum atomic E-state index is -1.77. The van der Waals surface area contributed by atoms with Crippen molar-refractivity contribution in [3.05, 3.63) is 11.8 Å². The number of nitrogens with two attached hydrogens (primary N) is 1. The van der Waals surface area contributed by atoms with Crippen LogP contribution in [0.1, 0.15) is 6.42 Å². The maximum Gasteiger partial charge on any atom is 0.249 e. The highest BCUT2D eigenvalue weighted by atomic mass is 32.2. The Morgan fingerprint density at radius 1 is 1.64 bits per heavy atom. The number of rotatable bonds is 1. The second-order valence-electron chi connectivity index (χ2n) is 2.90. The monoisotopic (exact) mass is 214 g/mol. The SMILES string of the molecule is NC(=O)C1=CNN2CCC(=O)[S-](=O)=C12. The molecule has 3 N–H and O–H groups in total. The van der Waals surface area contributed by atoms with Gasteiger partial charge in [0.1, 0.15) is 0 Å². The number of hydrazine groups is 1. The zero-order chi connectivity index (χ0) is 10.3. The number of amides is 1. The Morgan fingerprint density at radius 3 is 3.00 bits per heavy atom. The highest BCUT2D eigenvalue weighted by Crippen LogP contribution is 2.13. The van der Waals surface area contributed by atoms with Crippen molar-refractivity contribution in [1.82, 2.24) is 10.4 Å². The van der Waals surface area contributed by atoms with Crippen molar-refractivity contribution < 1.29 is 13.8 Å². The number of hydrogen-bond acceptors (Lipinski definition) is 6. The first kappa shape index (κ1) is 9.22. The Morgan fingerprint density at radius 2 is 2.36 bits per heavy atom. The second-order valence-corrected chi connectivity index (χ2v) is 4.28. The van der Waals surface area contributed by atoms with E-state index in [9.17, 15) is 13.8 Å². The molecule has 2 rings (SSSR count). The quantitative estimate of drug-likeness (QED) is 0.397. The molecular weight excluding hydrogens is 206 g/mol. The molecule has 0 saturated heterocycles. The average Bonchev–Trinajstić information content (AvgIpc) is 2.55. The lowest BCUT2D eigenvalue weighted by atomic mass is 10.3. The van der Waals surface area contributed by atoms with Gasteiger partial charge in [-0.1, -0.05) is 0 Å². The summed E-state index contributed by atoms with van der Waals surface area (Å²) in [6.07, 6.45) is 1.58. The number of nitrogens with zero attached hydrogens (tertiary/aromatic N) is 1. The van der Waals surface area contributed by atoms with E-state index in [2.05, 4.69) is 5.43 Å². The fourth-order valence-corrected chi connectivity index (χ4v) is 2.55. The smallest absolute Gasteiger partial charge is 0.249 e. The molecule has 2 aliphatic heterocycles. The number of nitrogens with one attached hydrogen (secondary N) is 1. The molecule has 14 heavy (non-hydrogen) atoms. The normalized spacial score (nSPS) is 23.0. The van der Waals surface area contributed by atoms with Gasteiger partial charge in [-0.2, -0.15) is 10.4 Å². The third-order valence-corrected chi connectivity index (χ3v) is 3.44. The predicted octanol–water partition coefficient (Wildman–Crippen LogP) is -1.80. The molecule has 0 saturated carbocycles. The van der Waals surface area contributed by atoms with Gasteiger partial charge in [0, 0.05) is 19.2 Å². The molecule has 0 atom stereocenters. The molecule has 0 aromatic heterocycles. The maximum atomic E-state index is 11.5. The fraction of sp³-hybridized carbons (Fsp3) is 0.286. The Balaban J connectivity index is 2.53. The highest BCUT2D eigenvalue weighted by Gasteiger charge is 2.24. The number of carbonyl (C=O) groups is 2. The van der Waals surface area contributed by atoms with Crippen LogP contribution < -0.4 is 11.2 Å². The van der Waals surface area contributed by atoms with Gasteiger partial charge in [0.2, 0.25) is 5.91 Å². The van der Waals surface area contributed by atoms with E-state index < -0.39 is 16.3 Å². The van der Waals surface area contributed by atoms with Crippen molar-refractivity contribution in [3.63, 3.8) is 0 Å². The molecule has 2 aliphatic rings. The van der Waals surface area contributed by atoms with E-state index in [4.69, 9.17) is 5.73 Å². The highest BCUT2D eigenvalue weighted by molar-refractivity contribution is 8.00. The summed E-state index contributed by atoms with van der Waals surface area (Å²) in [7, 11) is -1.77. The van der Waals surface area contributed by atoms with E-state index in [0.29, 0.717) is 6.54 Å². The summed E-state index contributed by atoms with van der Waals surface area (Å²) in [4.78, 5) is 22.3. The first-order valence-corrected chi connectivity index (χ1v) is 5.12. The van der Waals surface area contributed by atoms with Gasteiger partial charge < -0.3 is 20.2 Å². The van der Waals surface area contributed by atoms with Crippen molar-refractivity contribution in [2.75, 3.05) is 6.54 Å².